The van der Waals surface area contributed by atoms with Crippen LogP contribution in [-0.2, 0) is 0 Å². The van der Waals surface area contributed by atoms with Crippen molar-refractivity contribution in [3.05, 3.63) is 0 Å². The van der Waals surface area contributed by atoms with Gasteiger partial charge in [-0.25, -0.2) is 0 Å². The highest BCUT2D eigenvalue weighted by Crippen LogP contribution is 2.28. The topological polar surface area (TPSA) is 35.5 Å². The molecule has 1 saturated heterocycles. The summed E-state index contributed by atoms with van der Waals surface area (Å²) in [5.74, 6) is 0. The summed E-state index contributed by atoms with van der Waals surface area (Å²) in [4.78, 5) is 2.57. The number of rotatable bonds is 6. The van der Waals surface area contributed by atoms with Crippen molar-refractivity contribution in [2.45, 2.75) is 63.6 Å². The lowest BCUT2D eigenvalue weighted by molar-refractivity contribution is 0.153. The first-order valence-corrected chi connectivity index (χ1v) is 6.74. The van der Waals surface area contributed by atoms with Gasteiger partial charge >= 0.3 is 0 Å². The van der Waals surface area contributed by atoms with E-state index in [1.165, 1.54) is 32.2 Å². The van der Waals surface area contributed by atoms with Crippen LogP contribution in [0.3, 0.4) is 0 Å². The molecule has 0 radical (unpaired) electrons. The van der Waals surface area contributed by atoms with Crippen LogP contribution < -0.4 is 5.32 Å². The molecule has 2 aliphatic rings. The molecule has 94 valence electrons. The quantitative estimate of drug-likeness (QED) is 0.718. The lowest BCUT2D eigenvalue weighted by Crippen LogP contribution is -2.42. The predicted octanol–water partition coefficient (Wildman–Crippen LogP) is 1.36. The smallest absolute Gasteiger partial charge is 0.0585 e. The van der Waals surface area contributed by atoms with E-state index in [-0.39, 0.29) is 6.61 Å². The highest BCUT2D eigenvalue weighted by Gasteiger charge is 2.32. The molecular formula is C13H26N2O. The molecule has 1 heterocycles. The Kier molecular flexibility index (Phi) is 3.88. The van der Waals surface area contributed by atoms with Crippen molar-refractivity contribution in [1.82, 2.24) is 10.2 Å². The Labute approximate surface area is 99.2 Å². The minimum Gasteiger partial charge on any atom is -0.395 e. The maximum Gasteiger partial charge on any atom is 0.0585 e. The van der Waals surface area contributed by atoms with Crippen LogP contribution in [0.25, 0.3) is 0 Å². The minimum absolute atomic E-state index is 0.283. The molecule has 3 nitrogen and oxygen atoms in total. The molecule has 0 aromatic rings. The van der Waals surface area contributed by atoms with Gasteiger partial charge in [0.25, 0.3) is 0 Å². The molecule has 0 spiro atoms. The van der Waals surface area contributed by atoms with Crippen molar-refractivity contribution in [3.63, 3.8) is 0 Å². The number of hydrogen-bond acceptors (Lipinski definition) is 3. The average Bonchev–Trinajstić information content (AvgIpc) is 2.98. The second kappa shape index (κ2) is 5.03. The molecule has 1 atom stereocenters. The fourth-order valence-corrected chi connectivity index (χ4v) is 2.70. The first-order chi connectivity index (χ1) is 7.62. The Morgan fingerprint density at radius 1 is 1.44 bits per heavy atom. The minimum atomic E-state index is 0.283. The van der Waals surface area contributed by atoms with Crippen molar-refractivity contribution < 1.29 is 5.11 Å². The summed E-state index contributed by atoms with van der Waals surface area (Å²) in [5, 5.41) is 12.8. The van der Waals surface area contributed by atoms with Gasteiger partial charge in [0, 0.05) is 24.2 Å². The Morgan fingerprint density at radius 3 is 2.69 bits per heavy atom. The fraction of sp³-hybridized carbons (Fsp3) is 1.00. The van der Waals surface area contributed by atoms with E-state index in [2.05, 4.69) is 24.1 Å². The van der Waals surface area contributed by atoms with Gasteiger partial charge in [-0.3, -0.25) is 4.90 Å². The van der Waals surface area contributed by atoms with Crippen LogP contribution in [0.5, 0.6) is 0 Å². The average molecular weight is 226 g/mol. The van der Waals surface area contributed by atoms with Crippen molar-refractivity contribution in [3.8, 4) is 0 Å². The number of likely N-dealkylation sites (tertiary alicyclic amines) is 1. The van der Waals surface area contributed by atoms with Gasteiger partial charge in [0.05, 0.1) is 6.61 Å². The molecule has 2 N–H and O–H groups in total. The monoisotopic (exact) mass is 226 g/mol. The summed E-state index contributed by atoms with van der Waals surface area (Å²) in [6, 6.07) is 1.01. The number of aliphatic hydroxyl groups excluding tert-OH is 1. The summed E-state index contributed by atoms with van der Waals surface area (Å²) in [6.07, 6.45) is 6.31. The zero-order valence-electron chi connectivity index (χ0n) is 10.7. The molecule has 16 heavy (non-hydrogen) atoms. The molecule has 1 aliphatic heterocycles. The maximum atomic E-state index is 9.33. The van der Waals surface area contributed by atoms with Gasteiger partial charge in [0.2, 0.25) is 0 Å². The number of aliphatic hydroxyl groups is 1. The fourth-order valence-electron chi connectivity index (χ4n) is 2.70. The normalized spacial score (nSPS) is 27.2. The van der Waals surface area contributed by atoms with Gasteiger partial charge < -0.3 is 10.4 Å². The lowest BCUT2D eigenvalue weighted by Gasteiger charge is -2.32. The second-order valence-electron chi connectivity index (χ2n) is 6.01. The van der Waals surface area contributed by atoms with Gasteiger partial charge in [-0.2, -0.15) is 0 Å². The summed E-state index contributed by atoms with van der Waals surface area (Å²) in [7, 11) is 0. The molecular weight excluding hydrogens is 200 g/mol. The first-order valence-electron chi connectivity index (χ1n) is 6.74. The van der Waals surface area contributed by atoms with Crippen LogP contribution in [0.15, 0.2) is 0 Å². The molecule has 3 heteroatoms. The summed E-state index contributed by atoms with van der Waals surface area (Å²) in [6.45, 7) is 7.31. The Hall–Kier alpha value is -0.120. The Balaban J connectivity index is 1.72. The van der Waals surface area contributed by atoms with Crippen molar-refractivity contribution in [2.24, 2.45) is 0 Å². The molecule has 0 amide bonds. The van der Waals surface area contributed by atoms with Gasteiger partial charge in [-0.1, -0.05) is 0 Å². The SMILES string of the molecule is CC1(C)CCCN1CCC(CO)NC1CC1. The zero-order chi connectivity index (χ0) is 11.6. The molecule has 1 aliphatic carbocycles. The zero-order valence-corrected chi connectivity index (χ0v) is 10.7. The van der Waals surface area contributed by atoms with E-state index in [1.54, 1.807) is 0 Å². The van der Waals surface area contributed by atoms with E-state index in [1.807, 2.05) is 0 Å². The van der Waals surface area contributed by atoms with Gasteiger partial charge in [-0.05, 0) is 52.5 Å². The van der Waals surface area contributed by atoms with E-state index >= 15 is 0 Å². The van der Waals surface area contributed by atoms with E-state index in [0.29, 0.717) is 17.6 Å². The lowest BCUT2D eigenvalue weighted by atomic mass is 10.0. The van der Waals surface area contributed by atoms with Crippen molar-refractivity contribution in [2.75, 3.05) is 19.7 Å². The predicted molar refractivity (Wildman–Crippen MR) is 66.5 cm³/mol. The van der Waals surface area contributed by atoms with Crippen molar-refractivity contribution in [1.29, 1.82) is 0 Å². The van der Waals surface area contributed by atoms with E-state index in [4.69, 9.17) is 0 Å². The standard InChI is InChI=1S/C13H26N2O/c1-13(2)7-3-8-15(13)9-6-12(10-16)14-11-4-5-11/h11-12,14,16H,3-10H2,1-2H3. The largest absolute Gasteiger partial charge is 0.395 e. The summed E-state index contributed by atoms with van der Waals surface area (Å²) in [5.41, 5.74) is 0.375. The molecule has 2 fully saturated rings. The number of nitrogens with one attached hydrogen (secondary N) is 1. The van der Waals surface area contributed by atoms with Crippen molar-refractivity contribution >= 4 is 0 Å². The number of nitrogens with zero attached hydrogens (tertiary/aromatic N) is 1. The third-order valence-corrected chi connectivity index (χ3v) is 4.09. The van der Waals surface area contributed by atoms with Gasteiger partial charge in [-0.15, -0.1) is 0 Å². The molecule has 1 saturated carbocycles. The maximum absolute atomic E-state index is 9.33. The van der Waals surface area contributed by atoms with Gasteiger partial charge in [0.1, 0.15) is 0 Å². The van der Waals surface area contributed by atoms with E-state index < -0.39 is 0 Å². The molecule has 0 aromatic carbocycles. The summed E-state index contributed by atoms with van der Waals surface area (Å²) >= 11 is 0. The first kappa shape index (κ1) is 12.3. The summed E-state index contributed by atoms with van der Waals surface area (Å²) < 4.78 is 0. The molecule has 1 unspecified atom stereocenters. The van der Waals surface area contributed by atoms with Gasteiger partial charge in [0.15, 0.2) is 0 Å². The highest BCUT2D eigenvalue weighted by molar-refractivity contribution is 4.89. The second-order valence-corrected chi connectivity index (χ2v) is 6.01. The van der Waals surface area contributed by atoms with Crippen LogP contribution in [0.2, 0.25) is 0 Å². The van der Waals surface area contributed by atoms with E-state index in [9.17, 15) is 5.11 Å². The van der Waals surface area contributed by atoms with Crippen LogP contribution in [0.4, 0.5) is 0 Å². The van der Waals surface area contributed by atoms with Crippen LogP contribution in [0.1, 0.15) is 46.0 Å². The third-order valence-electron chi connectivity index (χ3n) is 4.09. The molecule has 2 rings (SSSR count). The van der Waals surface area contributed by atoms with Crippen LogP contribution in [0, 0.1) is 0 Å². The van der Waals surface area contributed by atoms with E-state index in [0.717, 1.165) is 13.0 Å². The number of hydrogen-bond donors (Lipinski definition) is 2. The Bertz CT molecular complexity index is 226. The molecule has 0 bridgehead atoms. The Morgan fingerprint density at radius 2 is 2.19 bits per heavy atom. The molecule has 0 aromatic heterocycles. The third kappa shape index (κ3) is 3.19. The van der Waals surface area contributed by atoms with Crippen LogP contribution >= 0.6 is 0 Å². The van der Waals surface area contributed by atoms with Crippen LogP contribution in [-0.4, -0.2) is 47.3 Å². The highest BCUT2D eigenvalue weighted by atomic mass is 16.3.